The minimum absolute atomic E-state index is 0.0374. The summed E-state index contributed by atoms with van der Waals surface area (Å²) in [6.07, 6.45) is 0. The highest BCUT2D eigenvalue weighted by Crippen LogP contribution is 2.32. The van der Waals surface area contributed by atoms with E-state index in [2.05, 4.69) is 10.3 Å². The van der Waals surface area contributed by atoms with Crippen LogP contribution >= 0.6 is 11.3 Å². The van der Waals surface area contributed by atoms with E-state index in [-0.39, 0.29) is 12.5 Å². The number of furan rings is 1. The molecule has 0 radical (unpaired) electrons. The van der Waals surface area contributed by atoms with Gasteiger partial charge in [0.25, 0.3) is 5.91 Å². The number of hydrogen-bond donors (Lipinski definition) is 1. The second-order valence-corrected chi connectivity index (χ2v) is 6.92. The Morgan fingerprint density at radius 3 is 2.89 bits per heavy atom. The fourth-order valence-electron chi connectivity index (χ4n) is 2.82. The van der Waals surface area contributed by atoms with Crippen molar-refractivity contribution in [2.24, 2.45) is 10.1 Å². The van der Waals surface area contributed by atoms with E-state index in [1.807, 2.05) is 49.6 Å². The van der Waals surface area contributed by atoms with Gasteiger partial charge in [0.2, 0.25) is 4.80 Å². The summed E-state index contributed by atoms with van der Waals surface area (Å²) in [5.74, 6) is 2.04. The summed E-state index contributed by atoms with van der Waals surface area (Å²) in [5, 5.41) is 9.54. The second kappa shape index (κ2) is 6.88. The van der Waals surface area contributed by atoms with Crippen LogP contribution in [0.4, 0.5) is 5.69 Å². The number of rotatable bonds is 3. The van der Waals surface area contributed by atoms with Gasteiger partial charge in [-0.1, -0.05) is 0 Å². The number of anilines is 1. The predicted molar refractivity (Wildman–Crippen MR) is 104 cm³/mol. The van der Waals surface area contributed by atoms with Crippen LogP contribution < -0.4 is 14.9 Å². The summed E-state index contributed by atoms with van der Waals surface area (Å²) in [7, 11) is 1.73. The fraction of sp³-hybridized carbons (Fsp3) is 0.211. The molecule has 0 atom stereocenters. The van der Waals surface area contributed by atoms with E-state index < -0.39 is 0 Å². The van der Waals surface area contributed by atoms with Crippen molar-refractivity contribution in [3.05, 3.63) is 52.0 Å². The molecule has 0 unspecified atom stereocenters. The Balaban J connectivity index is 1.80. The van der Waals surface area contributed by atoms with Crippen molar-refractivity contribution in [2.45, 2.75) is 13.8 Å². The van der Waals surface area contributed by atoms with Crippen molar-refractivity contribution in [3.8, 4) is 17.0 Å². The summed E-state index contributed by atoms with van der Waals surface area (Å²) < 4.78 is 12.9. The number of nitrogens with zero attached hydrogens (tertiary/aromatic N) is 3. The van der Waals surface area contributed by atoms with Crippen molar-refractivity contribution < 1.29 is 13.9 Å². The lowest BCUT2D eigenvalue weighted by Crippen LogP contribution is -2.25. The average molecular weight is 382 g/mol. The third-order valence-electron chi connectivity index (χ3n) is 4.13. The molecule has 4 rings (SSSR count). The number of aryl methyl sites for hydroxylation is 1. The van der Waals surface area contributed by atoms with E-state index in [0.29, 0.717) is 17.2 Å². The van der Waals surface area contributed by atoms with Gasteiger partial charge in [-0.25, -0.2) is 4.68 Å². The Morgan fingerprint density at radius 2 is 2.15 bits per heavy atom. The second-order valence-electron chi connectivity index (χ2n) is 6.08. The molecule has 1 aliphatic rings. The maximum absolute atomic E-state index is 11.6. The van der Waals surface area contributed by atoms with Crippen LogP contribution in [0.25, 0.3) is 11.3 Å². The summed E-state index contributed by atoms with van der Waals surface area (Å²) in [4.78, 5) is 16.7. The van der Waals surface area contributed by atoms with E-state index >= 15 is 0 Å². The van der Waals surface area contributed by atoms with E-state index in [9.17, 15) is 4.79 Å². The number of amides is 1. The van der Waals surface area contributed by atoms with Crippen molar-refractivity contribution in [2.75, 3.05) is 19.0 Å². The van der Waals surface area contributed by atoms with Gasteiger partial charge < -0.3 is 14.5 Å². The summed E-state index contributed by atoms with van der Waals surface area (Å²) in [5.41, 5.74) is 3.16. The molecule has 0 saturated carbocycles. The minimum atomic E-state index is -0.163. The number of nitrogens with one attached hydrogen (secondary N) is 1. The van der Waals surface area contributed by atoms with Crippen LogP contribution in [-0.2, 0) is 4.79 Å². The lowest BCUT2D eigenvalue weighted by molar-refractivity contribution is -0.118. The monoisotopic (exact) mass is 382 g/mol. The largest absolute Gasteiger partial charge is 0.482 e. The Kier molecular flexibility index (Phi) is 4.41. The predicted octanol–water partition coefficient (Wildman–Crippen LogP) is 3.25. The van der Waals surface area contributed by atoms with Gasteiger partial charge in [-0.15, -0.1) is 11.3 Å². The van der Waals surface area contributed by atoms with Crippen molar-refractivity contribution in [3.63, 3.8) is 0 Å². The summed E-state index contributed by atoms with van der Waals surface area (Å²) in [6, 6.07) is 9.48. The maximum Gasteiger partial charge on any atom is 0.262 e. The first-order chi connectivity index (χ1) is 13.0. The zero-order chi connectivity index (χ0) is 19.0. The van der Waals surface area contributed by atoms with Crippen LogP contribution in [-0.4, -0.2) is 29.9 Å². The zero-order valence-electron chi connectivity index (χ0n) is 15.1. The van der Waals surface area contributed by atoms with E-state index in [1.54, 1.807) is 11.7 Å². The first kappa shape index (κ1) is 17.3. The Morgan fingerprint density at radius 1 is 1.30 bits per heavy atom. The molecule has 8 heteroatoms. The highest BCUT2D eigenvalue weighted by Gasteiger charge is 2.18. The van der Waals surface area contributed by atoms with Gasteiger partial charge in [-0.2, -0.15) is 5.10 Å². The first-order valence-electron chi connectivity index (χ1n) is 8.38. The third kappa shape index (κ3) is 3.31. The van der Waals surface area contributed by atoms with Gasteiger partial charge >= 0.3 is 0 Å². The number of hydrogen-bond acceptors (Lipinski definition) is 6. The minimum Gasteiger partial charge on any atom is -0.482 e. The number of benzene rings is 1. The van der Waals surface area contributed by atoms with Gasteiger partial charge in [0.15, 0.2) is 6.61 Å². The Bertz CT molecular complexity index is 1120. The van der Waals surface area contributed by atoms with Crippen molar-refractivity contribution in [1.82, 2.24) is 4.68 Å². The fourth-order valence-corrected chi connectivity index (χ4v) is 3.61. The van der Waals surface area contributed by atoms with Crippen LogP contribution in [0.2, 0.25) is 0 Å². The molecular weight excluding hydrogens is 364 g/mol. The molecule has 3 heterocycles. The van der Waals surface area contributed by atoms with E-state index in [4.69, 9.17) is 14.3 Å². The van der Waals surface area contributed by atoms with Gasteiger partial charge in [0, 0.05) is 18.0 Å². The van der Waals surface area contributed by atoms with Crippen molar-refractivity contribution >= 4 is 28.6 Å². The molecule has 3 aromatic rings. The number of aromatic nitrogens is 1. The normalized spacial score (nSPS) is 14.7. The zero-order valence-corrected chi connectivity index (χ0v) is 16.0. The van der Waals surface area contributed by atoms with Gasteiger partial charge in [0.05, 0.1) is 11.4 Å². The van der Waals surface area contributed by atoms with Gasteiger partial charge in [-0.05, 0) is 44.2 Å². The topological polar surface area (TPSA) is 81.1 Å². The third-order valence-corrected chi connectivity index (χ3v) is 5.04. The summed E-state index contributed by atoms with van der Waals surface area (Å²) in [6.45, 7) is 3.83. The number of carbonyl (C=O) groups excluding carboxylic acids is 1. The number of thiazole rings is 1. The first-order valence-corrected chi connectivity index (χ1v) is 9.26. The standard InChI is InChI=1S/C19H18N4O3S/c1-11-4-6-16(26-11)12(2)22-23-15(10-27-19(23)20-3)13-5-7-17-14(8-13)21-18(24)9-25-17/h4-8,10H,9H2,1-3H3,(H,21,24). The highest BCUT2D eigenvalue weighted by atomic mass is 32.1. The average Bonchev–Trinajstić information content (AvgIpc) is 3.27. The molecule has 1 aromatic carbocycles. The van der Waals surface area contributed by atoms with Crippen LogP contribution in [0, 0.1) is 6.92 Å². The number of ether oxygens (including phenoxy) is 1. The number of fused-ring (bicyclic) bond motifs is 1. The van der Waals surface area contributed by atoms with Crippen LogP contribution in [0.5, 0.6) is 5.75 Å². The molecule has 7 nitrogen and oxygen atoms in total. The molecule has 0 spiro atoms. The van der Waals surface area contributed by atoms with Crippen LogP contribution in [0.3, 0.4) is 0 Å². The molecular formula is C19H18N4O3S. The maximum atomic E-state index is 11.6. The quantitative estimate of drug-likeness (QED) is 0.706. The molecule has 138 valence electrons. The number of carbonyl (C=O) groups is 1. The van der Waals surface area contributed by atoms with Crippen LogP contribution in [0.1, 0.15) is 18.4 Å². The van der Waals surface area contributed by atoms with Gasteiger partial charge in [0.1, 0.15) is 23.0 Å². The Hall–Kier alpha value is -3.13. The molecule has 1 N–H and O–H groups in total. The lowest BCUT2D eigenvalue weighted by atomic mass is 10.1. The summed E-state index contributed by atoms with van der Waals surface area (Å²) >= 11 is 1.49. The smallest absolute Gasteiger partial charge is 0.262 e. The molecule has 0 bridgehead atoms. The molecule has 1 amide bonds. The molecule has 1 aliphatic heterocycles. The van der Waals surface area contributed by atoms with E-state index in [1.165, 1.54) is 11.3 Å². The molecule has 0 fully saturated rings. The van der Waals surface area contributed by atoms with Crippen molar-refractivity contribution in [1.29, 1.82) is 0 Å². The van der Waals surface area contributed by atoms with Gasteiger partial charge in [-0.3, -0.25) is 9.79 Å². The highest BCUT2D eigenvalue weighted by molar-refractivity contribution is 7.07. The van der Waals surface area contributed by atoms with E-state index in [0.717, 1.165) is 27.5 Å². The SMILES string of the molecule is CN=c1scc(-c2ccc3c(c2)NC(=O)CO3)n1N=C(C)c1ccc(C)o1. The van der Waals surface area contributed by atoms with Crippen LogP contribution in [0.15, 0.2) is 50.2 Å². The lowest BCUT2D eigenvalue weighted by Gasteiger charge is -2.18. The molecule has 2 aromatic heterocycles. The molecule has 0 aliphatic carbocycles. The molecule has 27 heavy (non-hydrogen) atoms. The Labute approximate surface area is 159 Å². The molecule has 0 saturated heterocycles.